The maximum absolute atomic E-state index is 12.4. The summed E-state index contributed by atoms with van der Waals surface area (Å²) < 4.78 is 17.7. The van der Waals surface area contributed by atoms with Crippen molar-refractivity contribution in [2.45, 2.75) is 37.2 Å². The molecule has 1 saturated heterocycles. The standard InChI is InChI=1S/C15H20O3S/c1-11-3-5-13(6-4-11)15(16)12(2)19(17)14-7-9-18-10-8-14/h3-6,12,14H,7-10H2,1-2H3. The van der Waals surface area contributed by atoms with Gasteiger partial charge in [-0.25, -0.2) is 0 Å². The summed E-state index contributed by atoms with van der Waals surface area (Å²) in [5.41, 5.74) is 1.77. The first-order valence-electron chi connectivity index (χ1n) is 6.67. The summed E-state index contributed by atoms with van der Waals surface area (Å²) in [7, 11) is -1.12. The molecule has 1 aromatic rings. The Morgan fingerprint density at radius 3 is 2.42 bits per heavy atom. The van der Waals surface area contributed by atoms with E-state index < -0.39 is 16.0 Å². The van der Waals surface area contributed by atoms with E-state index in [1.165, 1.54) is 0 Å². The van der Waals surface area contributed by atoms with Crippen LogP contribution in [0.4, 0.5) is 0 Å². The molecule has 3 nitrogen and oxygen atoms in total. The predicted octanol–water partition coefficient (Wildman–Crippen LogP) is 2.49. The van der Waals surface area contributed by atoms with Gasteiger partial charge in [-0.05, 0) is 26.7 Å². The highest BCUT2D eigenvalue weighted by Crippen LogP contribution is 2.19. The smallest absolute Gasteiger partial charge is 0.178 e. The van der Waals surface area contributed by atoms with Gasteiger partial charge in [-0.3, -0.25) is 9.00 Å². The summed E-state index contributed by atoms with van der Waals surface area (Å²) in [6.45, 7) is 5.06. The third-order valence-corrected chi connectivity index (χ3v) is 5.59. The number of carbonyl (C=O) groups is 1. The number of rotatable bonds is 4. The van der Waals surface area contributed by atoms with Crippen LogP contribution in [0, 0.1) is 6.92 Å². The van der Waals surface area contributed by atoms with Gasteiger partial charge in [-0.15, -0.1) is 0 Å². The lowest BCUT2D eigenvalue weighted by Crippen LogP contribution is -2.34. The van der Waals surface area contributed by atoms with Crippen LogP contribution in [0.15, 0.2) is 24.3 Å². The molecule has 0 N–H and O–H groups in total. The molecule has 2 unspecified atom stereocenters. The van der Waals surface area contributed by atoms with Crippen molar-refractivity contribution in [1.82, 2.24) is 0 Å². The average Bonchev–Trinajstić information content (AvgIpc) is 2.46. The van der Waals surface area contributed by atoms with E-state index in [9.17, 15) is 9.00 Å². The highest BCUT2D eigenvalue weighted by molar-refractivity contribution is 7.87. The zero-order chi connectivity index (χ0) is 13.8. The molecule has 1 heterocycles. The van der Waals surface area contributed by atoms with Gasteiger partial charge in [-0.2, -0.15) is 0 Å². The fourth-order valence-electron chi connectivity index (χ4n) is 2.25. The molecule has 4 heteroatoms. The monoisotopic (exact) mass is 280 g/mol. The molecule has 1 fully saturated rings. The van der Waals surface area contributed by atoms with Gasteiger partial charge in [0.2, 0.25) is 0 Å². The summed E-state index contributed by atoms with van der Waals surface area (Å²) in [6, 6.07) is 7.46. The van der Waals surface area contributed by atoms with Gasteiger partial charge < -0.3 is 4.74 Å². The molecular formula is C15H20O3S. The molecule has 0 saturated carbocycles. The summed E-state index contributed by atoms with van der Waals surface area (Å²) in [4.78, 5) is 12.3. The van der Waals surface area contributed by atoms with Crippen molar-refractivity contribution in [1.29, 1.82) is 0 Å². The minimum atomic E-state index is -1.12. The van der Waals surface area contributed by atoms with Crippen LogP contribution in [0.1, 0.15) is 35.7 Å². The van der Waals surface area contributed by atoms with Crippen LogP contribution in [-0.2, 0) is 15.5 Å². The Morgan fingerprint density at radius 1 is 1.26 bits per heavy atom. The number of aryl methyl sites for hydroxylation is 1. The Bertz CT molecular complexity index is 461. The van der Waals surface area contributed by atoms with E-state index in [2.05, 4.69) is 0 Å². The molecule has 0 aromatic heterocycles. The van der Waals surface area contributed by atoms with Gasteiger partial charge in [0.1, 0.15) is 0 Å². The van der Waals surface area contributed by atoms with Crippen LogP contribution in [0.25, 0.3) is 0 Å². The van der Waals surface area contributed by atoms with Gasteiger partial charge in [-0.1, -0.05) is 29.8 Å². The van der Waals surface area contributed by atoms with Gasteiger partial charge in [0.05, 0.1) is 5.25 Å². The Labute approximate surface area is 116 Å². The minimum Gasteiger partial charge on any atom is -0.381 e. The lowest BCUT2D eigenvalue weighted by Gasteiger charge is -2.24. The Kier molecular flexibility index (Phi) is 4.88. The fourth-order valence-corrected chi connectivity index (χ4v) is 3.84. The molecule has 0 bridgehead atoms. The largest absolute Gasteiger partial charge is 0.381 e. The number of hydrogen-bond acceptors (Lipinski definition) is 3. The number of Topliss-reactive ketones (excluding diaryl/α,β-unsaturated/α-hetero) is 1. The highest BCUT2D eigenvalue weighted by atomic mass is 32.2. The number of ether oxygens (including phenoxy) is 1. The second-order valence-electron chi connectivity index (χ2n) is 5.01. The minimum absolute atomic E-state index is 0.0233. The molecular weight excluding hydrogens is 260 g/mol. The summed E-state index contributed by atoms with van der Waals surface area (Å²) in [5, 5.41) is -0.344. The second kappa shape index (κ2) is 6.44. The molecule has 0 aliphatic carbocycles. The van der Waals surface area contributed by atoms with Gasteiger partial charge in [0, 0.05) is 34.8 Å². The van der Waals surface area contributed by atoms with Crippen molar-refractivity contribution in [3.8, 4) is 0 Å². The summed E-state index contributed by atoms with van der Waals surface area (Å²) in [6.07, 6.45) is 1.58. The molecule has 2 atom stereocenters. The van der Waals surface area contributed by atoms with E-state index >= 15 is 0 Å². The van der Waals surface area contributed by atoms with E-state index in [1.54, 1.807) is 6.92 Å². The first-order chi connectivity index (χ1) is 9.09. The zero-order valence-corrected chi connectivity index (χ0v) is 12.2. The van der Waals surface area contributed by atoms with Crippen molar-refractivity contribution in [2.24, 2.45) is 0 Å². The van der Waals surface area contributed by atoms with Crippen LogP contribution in [0.2, 0.25) is 0 Å². The predicted molar refractivity (Wildman–Crippen MR) is 77.0 cm³/mol. The SMILES string of the molecule is Cc1ccc(C(=O)C(C)S(=O)C2CCOCC2)cc1. The quantitative estimate of drug-likeness (QED) is 0.796. The van der Waals surface area contributed by atoms with E-state index in [1.807, 2.05) is 31.2 Å². The number of hydrogen-bond donors (Lipinski definition) is 0. The molecule has 2 rings (SSSR count). The molecule has 19 heavy (non-hydrogen) atoms. The van der Waals surface area contributed by atoms with Crippen molar-refractivity contribution < 1.29 is 13.7 Å². The third-order valence-electron chi connectivity index (χ3n) is 3.55. The van der Waals surface area contributed by atoms with Crippen LogP contribution in [0.5, 0.6) is 0 Å². The van der Waals surface area contributed by atoms with Gasteiger partial charge in [0.25, 0.3) is 0 Å². The molecule has 0 amide bonds. The molecule has 0 spiro atoms. The van der Waals surface area contributed by atoms with Crippen LogP contribution in [0.3, 0.4) is 0 Å². The fraction of sp³-hybridized carbons (Fsp3) is 0.533. The van der Waals surface area contributed by atoms with Crippen molar-refractivity contribution in [2.75, 3.05) is 13.2 Å². The molecule has 104 valence electrons. The lowest BCUT2D eigenvalue weighted by molar-refractivity contribution is 0.0966. The van der Waals surface area contributed by atoms with Gasteiger partial charge >= 0.3 is 0 Å². The first kappa shape index (κ1) is 14.4. The van der Waals surface area contributed by atoms with E-state index in [0.29, 0.717) is 18.8 Å². The lowest BCUT2D eigenvalue weighted by atomic mass is 10.1. The Balaban J connectivity index is 2.05. The van der Waals surface area contributed by atoms with Crippen molar-refractivity contribution in [3.63, 3.8) is 0 Å². The Hall–Kier alpha value is -1.00. The number of carbonyl (C=O) groups excluding carboxylic acids is 1. The topological polar surface area (TPSA) is 43.4 Å². The maximum Gasteiger partial charge on any atom is 0.178 e. The second-order valence-corrected chi connectivity index (χ2v) is 7.04. The summed E-state index contributed by atoms with van der Waals surface area (Å²) in [5.74, 6) is -0.0233. The van der Waals surface area contributed by atoms with Crippen LogP contribution >= 0.6 is 0 Å². The molecule has 1 aliphatic heterocycles. The average molecular weight is 280 g/mol. The molecule has 0 radical (unpaired) electrons. The number of benzene rings is 1. The Morgan fingerprint density at radius 2 is 1.84 bits per heavy atom. The molecule has 1 aromatic carbocycles. The first-order valence-corrected chi connectivity index (χ1v) is 7.95. The van der Waals surface area contributed by atoms with Gasteiger partial charge in [0.15, 0.2) is 5.78 Å². The van der Waals surface area contributed by atoms with E-state index in [-0.39, 0.29) is 11.0 Å². The van der Waals surface area contributed by atoms with E-state index in [4.69, 9.17) is 4.74 Å². The maximum atomic E-state index is 12.4. The highest BCUT2D eigenvalue weighted by Gasteiger charge is 2.29. The molecule has 1 aliphatic rings. The van der Waals surface area contributed by atoms with Crippen LogP contribution < -0.4 is 0 Å². The van der Waals surface area contributed by atoms with Crippen molar-refractivity contribution >= 4 is 16.6 Å². The summed E-state index contributed by atoms with van der Waals surface area (Å²) >= 11 is 0. The van der Waals surface area contributed by atoms with Crippen molar-refractivity contribution in [3.05, 3.63) is 35.4 Å². The number of ketones is 1. The van der Waals surface area contributed by atoms with E-state index in [0.717, 1.165) is 18.4 Å². The third kappa shape index (κ3) is 3.51. The normalized spacial score (nSPS) is 19.9. The zero-order valence-electron chi connectivity index (χ0n) is 11.4. The van der Waals surface area contributed by atoms with Crippen LogP contribution in [-0.4, -0.2) is 33.7 Å².